The second kappa shape index (κ2) is 12.5. The predicted octanol–water partition coefficient (Wildman–Crippen LogP) is 6.48. The molecule has 0 saturated carbocycles. The minimum absolute atomic E-state index is 0.0279. The molecule has 2 unspecified atom stereocenters. The number of ether oxygens (including phenoxy) is 1. The third-order valence-electron chi connectivity index (χ3n) is 7.29. The summed E-state index contributed by atoms with van der Waals surface area (Å²) in [6.45, 7) is 7.83. The number of hydrogen-bond acceptors (Lipinski definition) is 3. The molecule has 4 nitrogen and oxygen atoms in total. The molecule has 6 heteroatoms. The van der Waals surface area contributed by atoms with E-state index in [0.717, 1.165) is 45.1 Å². The largest absolute Gasteiger partial charge is 0.404 e. The SMILES string of the molecule is CC(C)(C)[Si](OC(CCCCCl)Cc1ccnn1C1CCCCO1)(c1ccccc1)c1ccccc1. The Hall–Kier alpha value is -1.92. The van der Waals surface area contributed by atoms with Crippen molar-refractivity contribution in [3.8, 4) is 0 Å². The summed E-state index contributed by atoms with van der Waals surface area (Å²) in [7, 11) is -2.66. The van der Waals surface area contributed by atoms with Crippen molar-refractivity contribution in [2.75, 3.05) is 12.5 Å². The quantitative estimate of drug-likeness (QED) is 0.164. The number of nitrogens with zero attached hydrogens (tertiary/aromatic N) is 2. The summed E-state index contributed by atoms with van der Waals surface area (Å²) < 4.78 is 15.7. The first-order valence-corrected chi connectivity index (χ1v) is 15.9. The third kappa shape index (κ3) is 6.13. The van der Waals surface area contributed by atoms with Crippen molar-refractivity contribution < 1.29 is 9.16 Å². The minimum Gasteiger partial charge on any atom is -0.404 e. The fourth-order valence-corrected chi connectivity index (χ4v) is 10.4. The van der Waals surface area contributed by atoms with E-state index in [0.29, 0.717) is 5.88 Å². The molecule has 0 radical (unpaired) electrons. The number of hydrogen-bond donors (Lipinski definition) is 0. The lowest BCUT2D eigenvalue weighted by atomic mass is 10.1. The lowest BCUT2D eigenvalue weighted by Gasteiger charge is -2.45. The lowest BCUT2D eigenvalue weighted by Crippen LogP contribution is -2.67. The van der Waals surface area contributed by atoms with Gasteiger partial charge in [-0.1, -0.05) is 81.4 Å². The molecule has 0 N–H and O–H groups in total. The minimum atomic E-state index is -2.66. The van der Waals surface area contributed by atoms with Crippen LogP contribution in [-0.2, 0) is 15.6 Å². The molecule has 0 aliphatic carbocycles. The molecule has 1 aliphatic rings. The monoisotopic (exact) mass is 524 g/mol. The Labute approximate surface area is 223 Å². The molecule has 0 amide bonds. The molecule has 1 aromatic heterocycles. The molecule has 2 heterocycles. The van der Waals surface area contributed by atoms with Crippen LogP contribution in [0.25, 0.3) is 0 Å². The average molecular weight is 525 g/mol. The van der Waals surface area contributed by atoms with Gasteiger partial charge in [-0.05, 0) is 60.0 Å². The first-order valence-electron chi connectivity index (χ1n) is 13.4. The van der Waals surface area contributed by atoms with Gasteiger partial charge in [0.2, 0.25) is 0 Å². The van der Waals surface area contributed by atoms with Gasteiger partial charge in [0, 0.05) is 30.8 Å². The summed E-state index contributed by atoms with van der Waals surface area (Å²) in [4.78, 5) is 0. The summed E-state index contributed by atoms with van der Waals surface area (Å²) in [5, 5.41) is 7.24. The van der Waals surface area contributed by atoms with E-state index in [1.165, 1.54) is 22.5 Å². The Balaban J connectivity index is 1.73. The van der Waals surface area contributed by atoms with Gasteiger partial charge in [0.05, 0.1) is 6.10 Å². The van der Waals surface area contributed by atoms with Gasteiger partial charge in [-0.15, -0.1) is 11.6 Å². The summed E-state index contributed by atoms with van der Waals surface area (Å²) in [6, 6.07) is 24.0. The van der Waals surface area contributed by atoms with Gasteiger partial charge in [0.15, 0.2) is 0 Å². The van der Waals surface area contributed by atoms with Crippen LogP contribution in [0.5, 0.6) is 0 Å². The Morgan fingerprint density at radius 2 is 1.67 bits per heavy atom. The fourth-order valence-electron chi connectivity index (χ4n) is 5.52. The van der Waals surface area contributed by atoms with E-state index < -0.39 is 8.32 Å². The van der Waals surface area contributed by atoms with Crippen molar-refractivity contribution >= 4 is 30.3 Å². The molecular weight excluding hydrogens is 484 g/mol. The molecule has 0 bridgehead atoms. The molecule has 4 rings (SSSR count). The van der Waals surface area contributed by atoms with E-state index in [2.05, 4.69) is 97.3 Å². The molecular formula is C30H41ClN2O2Si. The summed E-state index contributed by atoms with van der Waals surface area (Å²) in [5.41, 5.74) is 1.19. The van der Waals surface area contributed by atoms with Crippen LogP contribution >= 0.6 is 11.6 Å². The molecule has 36 heavy (non-hydrogen) atoms. The number of rotatable bonds is 11. The number of alkyl halides is 1. The van der Waals surface area contributed by atoms with Gasteiger partial charge in [-0.3, -0.25) is 0 Å². The topological polar surface area (TPSA) is 36.3 Å². The van der Waals surface area contributed by atoms with Gasteiger partial charge in [-0.2, -0.15) is 5.10 Å². The highest BCUT2D eigenvalue weighted by atomic mass is 35.5. The highest BCUT2D eigenvalue weighted by molar-refractivity contribution is 6.99. The van der Waals surface area contributed by atoms with Crippen LogP contribution in [0.4, 0.5) is 0 Å². The van der Waals surface area contributed by atoms with Gasteiger partial charge < -0.3 is 9.16 Å². The van der Waals surface area contributed by atoms with Crippen molar-refractivity contribution in [3.63, 3.8) is 0 Å². The van der Waals surface area contributed by atoms with E-state index in [4.69, 9.17) is 20.8 Å². The van der Waals surface area contributed by atoms with Crippen LogP contribution in [-0.4, -0.2) is 36.7 Å². The summed E-state index contributed by atoms with van der Waals surface area (Å²) >= 11 is 6.09. The number of aromatic nitrogens is 2. The second-order valence-electron chi connectivity index (χ2n) is 10.9. The van der Waals surface area contributed by atoms with Gasteiger partial charge in [0.1, 0.15) is 6.23 Å². The van der Waals surface area contributed by atoms with Crippen LogP contribution in [0.3, 0.4) is 0 Å². The Kier molecular flexibility index (Phi) is 9.45. The van der Waals surface area contributed by atoms with E-state index in [9.17, 15) is 0 Å². The zero-order valence-corrected chi connectivity index (χ0v) is 23.8. The normalized spacial score (nSPS) is 17.7. The van der Waals surface area contributed by atoms with Crippen LogP contribution in [0, 0.1) is 0 Å². The highest BCUT2D eigenvalue weighted by Crippen LogP contribution is 2.38. The van der Waals surface area contributed by atoms with Gasteiger partial charge in [-0.25, -0.2) is 4.68 Å². The molecule has 194 valence electrons. The Morgan fingerprint density at radius 3 is 2.22 bits per heavy atom. The van der Waals surface area contributed by atoms with Crippen LogP contribution in [0.2, 0.25) is 5.04 Å². The average Bonchev–Trinajstić information content (AvgIpc) is 3.36. The second-order valence-corrected chi connectivity index (χ2v) is 15.5. The van der Waals surface area contributed by atoms with Crippen molar-refractivity contribution in [2.24, 2.45) is 0 Å². The molecule has 2 aromatic carbocycles. The van der Waals surface area contributed by atoms with E-state index in [-0.39, 0.29) is 17.4 Å². The van der Waals surface area contributed by atoms with Gasteiger partial charge in [0.25, 0.3) is 8.32 Å². The lowest BCUT2D eigenvalue weighted by molar-refractivity contribution is -0.0417. The number of benzene rings is 2. The zero-order valence-electron chi connectivity index (χ0n) is 22.0. The van der Waals surface area contributed by atoms with Gasteiger partial charge >= 0.3 is 0 Å². The van der Waals surface area contributed by atoms with E-state index >= 15 is 0 Å². The zero-order chi connectivity index (χ0) is 25.4. The highest BCUT2D eigenvalue weighted by Gasteiger charge is 2.51. The molecule has 2 atom stereocenters. The van der Waals surface area contributed by atoms with Crippen molar-refractivity contribution in [2.45, 2.75) is 83.1 Å². The van der Waals surface area contributed by atoms with Crippen molar-refractivity contribution in [1.82, 2.24) is 9.78 Å². The maximum atomic E-state index is 7.55. The molecule has 0 spiro atoms. The summed E-state index contributed by atoms with van der Waals surface area (Å²) in [6.07, 6.45) is 9.13. The van der Waals surface area contributed by atoms with Crippen LogP contribution in [0.15, 0.2) is 72.9 Å². The third-order valence-corrected chi connectivity index (χ3v) is 12.6. The van der Waals surface area contributed by atoms with Crippen molar-refractivity contribution in [3.05, 3.63) is 78.6 Å². The fraction of sp³-hybridized carbons (Fsp3) is 0.500. The van der Waals surface area contributed by atoms with Crippen LogP contribution in [0.1, 0.15) is 71.2 Å². The van der Waals surface area contributed by atoms with Crippen molar-refractivity contribution in [1.29, 1.82) is 0 Å². The molecule has 1 aliphatic heterocycles. The predicted molar refractivity (Wildman–Crippen MR) is 152 cm³/mol. The van der Waals surface area contributed by atoms with E-state index in [1.54, 1.807) is 0 Å². The smallest absolute Gasteiger partial charge is 0.261 e. The number of halogens is 1. The first-order chi connectivity index (χ1) is 17.5. The first kappa shape index (κ1) is 27.1. The maximum Gasteiger partial charge on any atom is 0.261 e. The molecule has 1 saturated heterocycles. The summed E-state index contributed by atoms with van der Waals surface area (Å²) in [5.74, 6) is 0.680. The standard InChI is InChI=1S/C30H41ClN2O2Si/c1-30(2,3)36(27-15-6-4-7-16-27,28-17-8-5-9-18-28)35-26(14-10-12-21-31)24-25-20-22-32-33(25)29-19-11-13-23-34-29/h4-9,15-18,20,22,26,29H,10-14,19,21,23-24H2,1-3H3. The Morgan fingerprint density at radius 1 is 1.00 bits per heavy atom. The number of unbranched alkanes of at least 4 members (excludes halogenated alkanes) is 1. The molecule has 3 aromatic rings. The maximum absolute atomic E-state index is 7.55. The van der Waals surface area contributed by atoms with E-state index in [1.807, 2.05) is 6.20 Å². The molecule has 1 fully saturated rings. The Bertz CT molecular complexity index is 1010. The van der Waals surface area contributed by atoms with Crippen LogP contribution < -0.4 is 10.4 Å².